The van der Waals surface area contributed by atoms with Gasteiger partial charge in [0.25, 0.3) is 5.91 Å². The average Bonchev–Trinajstić information content (AvgIpc) is 3.01. The molecule has 0 unspecified atom stereocenters. The van der Waals surface area contributed by atoms with Crippen LogP contribution in [-0.4, -0.2) is 30.1 Å². The Bertz CT molecular complexity index is 768. The zero-order valence-electron chi connectivity index (χ0n) is 12.4. The molecule has 1 amide bonds. The van der Waals surface area contributed by atoms with Crippen LogP contribution in [0.15, 0.2) is 36.5 Å². The molecule has 0 saturated heterocycles. The molecule has 3 atom stereocenters. The molecular weight excluding hydrogens is 318 g/mol. The topological polar surface area (TPSA) is 86.5 Å². The molecule has 1 aromatic carbocycles. The van der Waals surface area contributed by atoms with Gasteiger partial charge in [-0.15, -0.1) is 12.4 Å². The Morgan fingerprint density at radius 2 is 2.09 bits per heavy atom. The predicted molar refractivity (Wildman–Crippen MR) is 86.5 cm³/mol. The second kappa shape index (κ2) is 5.72. The van der Waals surface area contributed by atoms with Crippen molar-refractivity contribution < 1.29 is 14.3 Å². The van der Waals surface area contributed by atoms with Crippen molar-refractivity contribution in [1.29, 1.82) is 0 Å². The zero-order chi connectivity index (χ0) is 15.3. The number of nitrogens with one attached hydrogen (secondary N) is 1. The van der Waals surface area contributed by atoms with Gasteiger partial charge in [-0.1, -0.05) is 0 Å². The lowest BCUT2D eigenvalue weighted by Gasteiger charge is -2.10. The highest BCUT2D eigenvalue weighted by Crippen LogP contribution is 2.53. The summed E-state index contributed by atoms with van der Waals surface area (Å²) in [5.74, 6) is 2.15. The molecule has 0 spiro atoms. The van der Waals surface area contributed by atoms with Crippen molar-refractivity contribution in [2.45, 2.75) is 18.1 Å². The Balaban J connectivity index is 0.00000156. The standard InChI is InChI=1S/C16H15N3O3.ClH/c1-18-16(20)11-7-9(4-5-19-11)21-8-2-3-12-10(6-8)13-14(17)15(13)22-12;/h2-7,13-15H,17H2,1H3,(H,18,20);1H/t13-,14-,15-;/m0./s1. The monoisotopic (exact) mass is 333 g/mol. The molecule has 2 heterocycles. The largest absolute Gasteiger partial charge is 0.488 e. The van der Waals surface area contributed by atoms with Crippen LogP contribution in [0.25, 0.3) is 0 Å². The van der Waals surface area contributed by atoms with Crippen molar-refractivity contribution in [3.05, 3.63) is 47.8 Å². The smallest absolute Gasteiger partial charge is 0.269 e. The van der Waals surface area contributed by atoms with E-state index in [4.69, 9.17) is 15.2 Å². The van der Waals surface area contributed by atoms with Crippen LogP contribution in [0.2, 0.25) is 0 Å². The van der Waals surface area contributed by atoms with Crippen LogP contribution in [0.5, 0.6) is 17.2 Å². The molecule has 1 fully saturated rings. The summed E-state index contributed by atoms with van der Waals surface area (Å²) in [6.07, 6.45) is 1.66. The molecule has 3 N–H and O–H groups in total. The second-order valence-electron chi connectivity index (χ2n) is 5.44. The highest BCUT2D eigenvalue weighted by Gasteiger charge is 2.56. The minimum absolute atomic E-state index is 0. The molecule has 1 saturated carbocycles. The minimum Gasteiger partial charge on any atom is -0.488 e. The third-order valence-corrected chi connectivity index (χ3v) is 4.04. The SMILES string of the molecule is CNC(=O)c1cc(Oc2ccc3c(c2)[C@H]2[C@H](N)[C@H]2O3)ccn1.Cl. The number of hydrogen-bond donors (Lipinski definition) is 2. The number of nitrogens with zero attached hydrogens (tertiary/aromatic N) is 1. The fourth-order valence-electron chi connectivity index (χ4n) is 2.81. The molecule has 1 aliphatic carbocycles. The number of nitrogens with two attached hydrogens (primary N) is 1. The normalized spacial score (nSPS) is 23.0. The number of amides is 1. The Labute approximate surface area is 139 Å². The predicted octanol–water partition coefficient (Wildman–Crippen LogP) is 1.84. The number of pyridine rings is 1. The lowest BCUT2D eigenvalue weighted by molar-refractivity contribution is 0.0958. The summed E-state index contributed by atoms with van der Waals surface area (Å²) in [7, 11) is 1.56. The van der Waals surface area contributed by atoms with Crippen LogP contribution in [-0.2, 0) is 0 Å². The van der Waals surface area contributed by atoms with Gasteiger partial charge in [-0.05, 0) is 24.3 Å². The van der Waals surface area contributed by atoms with Gasteiger partial charge in [0.15, 0.2) is 0 Å². The summed E-state index contributed by atoms with van der Waals surface area (Å²) < 4.78 is 11.5. The van der Waals surface area contributed by atoms with Gasteiger partial charge in [0.05, 0.1) is 6.04 Å². The van der Waals surface area contributed by atoms with Gasteiger partial charge >= 0.3 is 0 Å². The fourth-order valence-corrected chi connectivity index (χ4v) is 2.81. The molecule has 2 aromatic rings. The van der Waals surface area contributed by atoms with Crippen LogP contribution in [0.1, 0.15) is 22.0 Å². The Kier molecular flexibility index (Phi) is 3.87. The van der Waals surface area contributed by atoms with Gasteiger partial charge in [-0.3, -0.25) is 9.78 Å². The zero-order valence-corrected chi connectivity index (χ0v) is 13.2. The Morgan fingerprint density at radius 1 is 1.30 bits per heavy atom. The summed E-state index contributed by atoms with van der Waals surface area (Å²) in [6, 6.07) is 9.09. The highest BCUT2D eigenvalue weighted by atomic mass is 35.5. The molecule has 23 heavy (non-hydrogen) atoms. The van der Waals surface area contributed by atoms with Gasteiger partial charge in [0.2, 0.25) is 0 Å². The van der Waals surface area contributed by atoms with E-state index < -0.39 is 0 Å². The van der Waals surface area contributed by atoms with Crippen LogP contribution >= 0.6 is 12.4 Å². The van der Waals surface area contributed by atoms with E-state index in [0.29, 0.717) is 17.2 Å². The van der Waals surface area contributed by atoms with Crippen molar-refractivity contribution in [2.75, 3.05) is 7.05 Å². The minimum atomic E-state index is -0.250. The van der Waals surface area contributed by atoms with Crippen LogP contribution in [0, 0.1) is 0 Å². The number of carbonyl (C=O) groups is 1. The number of ether oxygens (including phenoxy) is 2. The van der Waals surface area contributed by atoms with Gasteiger partial charge in [-0.25, -0.2) is 0 Å². The van der Waals surface area contributed by atoms with Gasteiger partial charge < -0.3 is 20.5 Å². The van der Waals surface area contributed by atoms with Crippen molar-refractivity contribution >= 4 is 18.3 Å². The number of rotatable bonds is 3. The quantitative estimate of drug-likeness (QED) is 0.895. The number of hydrogen-bond acceptors (Lipinski definition) is 5. The van der Waals surface area contributed by atoms with E-state index in [-0.39, 0.29) is 36.4 Å². The van der Waals surface area contributed by atoms with E-state index in [0.717, 1.165) is 11.3 Å². The number of fused-ring (bicyclic) bond motifs is 3. The highest BCUT2D eigenvalue weighted by molar-refractivity contribution is 5.92. The lowest BCUT2D eigenvalue weighted by Crippen LogP contribution is -2.18. The molecule has 2 aliphatic rings. The number of aromatic nitrogens is 1. The number of halogens is 1. The molecule has 1 aromatic heterocycles. The molecule has 6 nitrogen and oxygen atoms in total. The van der Waals surface area contributed by atoms with Crippen molar-refractivity contribution in [2.24, 2.45) is 5.73 Å². The maximum absolute atomic E-state index is 11.6. The summed E-state index contributed by atoms with van der Waals surface area (Å²) in [6.45, 7) is 0. The van der Waals surface area contributed by atoms with E-state index in [9.17, 15) is 4.79 Å². The van der Waals surface area contributed by atoms with Gasteiger partial charge in [-0.2, -0.15) is 0 Å². The van der Waals surface area contributed by atoms with Crippen LogP contribution in [0.4, 0.5) is 0 Å². The van der Waals surface area contributed by atoms with Crippen molar-refractivity contribution in [3.8, 4) is 17.2 Å². The van der Waals surface area contributed by atoms with Crippen LogP contribution in [0.3, 0.4) is 0 Å². The summed E-state index contributed by atoms with van der Waals surface area (Å²) >= 11 is 0. The summed E-state index contributed by atoms with van der Waals surface area (Å²) in [5, 5.41) is 2.54. The van der Waals surface area contributed by atoms with E-state index >= 15 is 0 Å². The number of carbonyl (C=O) groups excluding carboxylic acids is 1. The molecule has 0 radical (unpaired) electrons. The molecule has 1 aliphatic heterocycles. The third-order valence-electron chi connectivity index (χ3n) is 4.04. The van der Waals surface area contributed by atoms with Crippen molar-refractivity contribution in [1.82, 2.24) is 10.3 Å². The fraction of sp³-hybridized carbons (Fsp3) is 0.250. The first kappa shape index (κ1) is 15.6. The molecule has 0 bridgehead atoms. The van der Waals surface area contributed by atoms with Crippen molar-refractivity contribution in [3.63, 3.8) is 0 Å². The first-order valence-corrected chi connectivity index (χ1v) is 7.09. The maximum atomic E-state index is 11.6. The van der Waals surface area contributed by atoms with E-state index in [1.807, 2.05) is 18.2 Å². The first-order chi connectivity index (χ1) is 10.7. The summed E-state index contributed by atoms with van der Waals surface area (Å²) in [5.41, 5.74) is 7.35. The third kappa shape index (κ3) is 2.60. The first-order valence-electron chi connectivity index (χ1n) is 7.09. The summed E-state index contributed by atoms with van der Waals surface area (Å²) in [4.78, 5) is 15.6. The number of benzene rings is 1. The molecular formula is C16H16ClN3O3. The molecule has 4 rings (SSSR count). The Morgan fingerprint density at radius 3 is 2.87 bits per heavy atom. The van der Waals surface area contributed by atoms with E-state index in [1.165, 1.54) is 0 Å². The van der Waals surface area contributed by atoms with Gasteiger partial charge in [0.1, 0.15) is 29.0 Å². The molecule has 120 valence electrons. The average molecular weight is 334 g/mol. The van der Waals surface area contributed by atoms with Crippen LogP contribution < -0.4 is 20.5 Å². The molecule has 7 heteroatoms. The van der Waals surface area contributed by atoms with E-state index in [1.54, 1.807) is 25.4 Å². The lowest BCUT2D eigenvalue weighted by atomic mass is 10.1. The Hall–Kier alpha value is -2.31. The van der Waals surface area contributed by atoms with Gasteiger partial charge in [0, 0.05) is 30.8 Å². The second-order valence-corrected chi connectivity index (χ2v) is 5.44. The van der Waals surface area contributed by atoms with E-state index in [2.05, 4.69) is 10.3 Å². The maximum Gasteiger partial charge on any atom is 0.269 e.